The van der Waals surface area contributed by atoms with Gasteiger partial charge in [0.15, 0.2) is 5.82 Å². The number of hydrogen-bond acceptors (Lipinski definition) is 6. The predicted molar refractivity (Wildman–Crippen MR) is 111 cm³/mol. The van der Waals surface area contributed by atoms with E-state index in [1.165, 1.54) is 11.3 Å². The lowest BCUT2D eigenvalue weighted by Gasteiger charge is -2.25. The molecule has 0 fully saturated rings. The van der Waals surface area contributed by atoms with E-state index in [-0.39, 0.29) is 0 Å². The lowest BCUT2D eigenvalue weighted by molar-refractivity contribution is 0.210. The molecule has 0 radical (unpaired) electrons. The maximum absolute atomic E-state index is 5.05. The minimum Gasteiger partial charge on any atom is -0.383 e. The van der Waals surface area contributed by atoms with Gasteiger partial charge < -0.3 is 10.1 Å². The van der Waals surface area contributed by atoms with E-state index in [9.17, 15) is 0 Å². The van der Waals surface area contributed by atoms with E-state index in [4.69, 9.17) is 9.73 Å². The van der Waals surface area contributed by atoms with Crippen molar-refractivity contribution in [3.8, 4) is 11.1 Å². The van der Waals surface area contributed by atoms with Gasteiger partial charge in [0, 0.05) is 48.8 Å². The van der Waals surface area contributed by atoms with E-state index in [0.29, 0.717) is 30.9 Å². The number of anilines is 1. The molecular formula is C21H26N6O. The van der Waals surface area contributed by atoms with E-state index in [2.05, 4.69) is 53.3 Å². The zero-order valence-corrected chi connectivity index (χ0v) is 16.8. The molecular weight excluding hydrogens is 352 g/mol. The van der Waals surface area contributed by atoms with Crippen LogP contribution in [0, 0.1) is 11.8 Å². The molecule has 7 nitrogen and oxygen atoms in total. The third-order valence-corrected chi connectivity index (χ3v) is 5.32. The molecule has 0 spiro atoms. The van der Waals surface area contributed by atoms with Crippen molar-refractivity contribution in [1.82, 2.24) is 19.6 Å². The standard InChI is InChI=1S/C21H26N6O/c1-13(2)18-10-15-9-16(11-23-20(15)25-14(18)3)17-5-7-27-19(17)12-24-21(26-27)22-6-8-28-4/h5,7,9,11-13,18H,6,8,10H2,1-4H3,(H,22,26)/t18-/m1/s1. The van der Waals surface area contributed by atoms with E-state index < -0.39 is 0 Å². The fourth-order valence-electron chi connectivity index (χ4n) is 3.74. The Balaban J connectivity index is 1.65. The highest BCUT2D eigenvalue weighted by molar-refractivity contribution is 5.89. The van der Waals surface area contributed by atoms with Crippen LogP contribution in [0.1, 0.15) is 26.3 Å². The topological polar surface area (TPSA) is 76.7 Å². The molecule has 146 valence electrons. The van der Waals surface area contributed by atoms with Crippen molar-refractivity contribution < 1.29 is 4.74 Å². The summed E-state index contributed by atoms with van der Waals surface area (Å²) >= 11 is 0. The van der Waals surface area contributed by atoms with Crippen molar-refractivity contribution >= 4 is 23.0 Å². The summed E-state index contributed by atoms with van der Waals surface area (Å²) in [5.41, 5.74) is 5.49. The van der Waals surface area contributed by atoms with Gasteiger partial charge in [-0.1, -0.05) is 13.8 Å². The molecule has 3 aromatic heterocycles. The van der Waals surface area contributed by atoms with Gasteiger partial charge in [0.2, 0.25) is 5.95 Å². The molecule has 7 heteroatoms. The lowest BCUT2D eigenvalue weighted by atomic mass is 9.84. The molecule has 4 rings (SSSR count). The van der Waals surface area contributed by atoms with Gasteiger partial charge in [0.1, 0.15) is 0 Å². The van der Waals surface area contributed by atoms with Gasteiger partial charge in [0.25, 0.3) is 0 Å². The van der Waals surface area contributed by atoms with Crippen molar-refractivity contribution in [2.45, 2.75) is 27.2 Å². The summed E-state index contributed by atoms with van der Waals surface area (Å²) in [5, 5.41) is 7.67. The van der Waals surface area contributed by atoms with Crippen molar-refractivity contribution in [1.29, 1.82) is 0 Å². The first-order valence-electron chi connectivity index (χ1n) is 9.68. The third-order valence-electron chi connectivity index (χ3n) is 5.32. The SMILES string of the molecule is COCCNc1ncc2c(-c3cnc4c(c3)C[C@H](C(C)C)C(C)=N4)ccn2n1. The van der Waals surface area contributed by atoms with Crippen LogP contribution in [-0.4, -0.2) is 45.6 Å². The highest BCUT2D eigenvalue weighted by atomic mass is 16.5. The Hall–Kier alpha value is -2.80. The first-order valence-corrected chi connectivity index (χ1v) is 9.68. The van der Waals surface area contributed by atoms with Crippen LogP contribution in [0.2, 0.25) is 0 Å². The number of aromatic nitrogens is 4. The summed E-state index contributed by atoms with van der Waals surface area (Å²) in [6.07, 6.45) is 6.67. The van der Waals surface area contributed by atoms with Gasteiger partial charge in [-0.2, -0.15) is 0 Å². The van der Waals surface area contributed by atoms with E-state index in [1.54, 1.807) is 7.11 Å². The molecule has 1 aliphatic heterocycles. The highest BCUT2D eigenvalue weighted by Crippen LogP contribution is 2.34. The van der Waals surface area contributed by atoms with Crippen LogP contribution in [0.15, 0.2) is 35.7 Å². The molecule has 3 aromatic rings. The maximum atomic E-state index is 5.05. The molecule has 0 saturated carbocycles. The molecule has 1 aliphatic rings. The lowest BCUT2D eigenvalue weighted by Crippen LogP contribution is -2.23. The summed E-state index contributed by atoms with van der Waals surface area (Å²) in [7, 11) is 1.67. The Bertz CT molecular complexity index is 1020. The minimum atomic E-state index is 0.472. The average Bonchev–Trinajstić information content (AvgIpc) is 3.10. The molecule has 4 heterocycles. The number of methoxy groups -OCH3 is 1. The van der Waals surface area contributed by atoms with E-state index in [1.807, 2.05) is 23.1 Å². The molecule has 0 amide bonds. The fraction of sp³-hybridized carbons (Fsp3) is 0.429. The molecule has 0 bridgehead atoms. The Morgan fingerprint density at radius 1 is 1.29 bits per heavy atom. The number of pyridine rings is 1. The van der Waals surface area contributed by atoms with Crippen molar-refractivity contribution in [3.63, 3.8) is 0 Å². The number of nitrogens with zero attached hydrogens (tertiary/aromatic N) is 5. The number of nitrogens with one attached hydrogen (secondary N) is 1. The minimum absolute atomic E-state index is 0.472. The monoisotopic (exact) mass is 378 g/mol. The number of aliphatic imine (C=N–C) groups is 1. The van der Waals surface area contributed by atoms with Gasteiger partial charge >= 0.3 is 0 Å². The highest BCUT2D eigenvalue weighted by Gasteiger charge is 2.24. The first-order chi connectivity index (χ1) is 13.6. The molecule has 0 aromatic carbocycles. The van der Waals surface area contributed by atoms with Crippen LogP contribution in [0.25, 0.3) is 16.6 Å². The predicted octanol–water partition coefficient (Wildman–Crippen LogP) is 3.77. The van der Waals surface area contributed by atoms with Gasteiger partial charge in [-0.3, -0.25) is 0 Å². The Labute approximate surface area is 164 Å². The summed E-state index contributed by atoms with van der Waals surface area (Å²) in [6.45, 7) is 7.90. The smallest absolute Gasteiger partial charge is 0.241 e. The fourth-order valence-corrected chi connectivity index (χ4v) is 3.74. The van der Waals surface area contributed by atoms with Crippen LogP contribution in [0.3, 0.4) is 0 Å². The van der Waals surface area contributed by atoms with Crippen molar-refractivity contribution in [3.05, 3.63) is 36.3 Å². The Morgan fingerprint density at radius 3 is 2.93 bits per heavy atom. The van der Waals surface area contributed by atoms with Gasteiger partial charge in [-0.05, 0) is 37.0 Å². The average molecular weight is 378 g/mol. The molecule has 1 atom stereocenters. The second kappa shape index (κ2) is 7.67. The van der Waals surface area contributed by atoms with Gasteiger partial charge in [0.05, 0.1) is 18.3 Å². The third kappa shape index (κ3) is 3.49. The summed E-state index contributed by atoms with van der Waals surface area (Å²) < 4.78 is 6.89. The number of ether oxygens (including phenoxy) is 1. The zero-order valence-electron chi connectivity index (χ0n) is 16.8. The number of fused-ring (bicyclic) bond motifs is 2. The van der Waals surface area contributed by atoms with Crippen LogP contribution < -0.4 is 5.32 Å². The largest absolute Gasteiger partial charge is 0.383 e. The quantitative estimate of drug-likeness (QED) is 0.661. The van der Waals surface area contributed by atoms with Crippen LogP contribution in [-0.2, 0) is 11.2 Å². The number of rotatable bonds is 6. The number of hydrogen-bond donors (Lipinski definition) is 1. The normalized spacial score (nSPS) is 16.3. The summed E-state index contributed by atoms with van der Waals surface area (Å²) in [5.74, 6) is 2.47. The molecule has 1 N–H and O–H groups in total. The maximum Gasteiger partial charge on any atom is 0.241 e. The second-order valence-electron chi connectivity index (χ2n) is 7.58. The molecule has 0 saturated heterocycles. The van der Waals surface area contributed by atoms with E-state index in [0.717, 1.165) is 28.9 Å². The van der Waals surface area contributed by atoms with E-state index >= 15 is 0 Å². The van der Waals surface area contributed by atoms with Crippen molar-refractivity contribution in [2.24, 2.45) is 16.8 Å². The second-order valence-corrected chi connectivity index (χ2v) is 7.58. The van der Waals surface area contributed by atoms with Crippen LogP contribution in [0.4, 0.5) is 11.8 Å². The zero-order chi connectivity index (χ0) is 19.7. The summed E-state index contributed by atoms with van der Waals surface area (Å²) in [6, 6.07) is 4.28. The van der Waals surface area contributed by atoms with Crippen LogP contribution in [0.5, 0.6) is 0 Å². The first kappa shape index (κ1) is 18.6. The molecule has 28 heavy (non-hydrogen) atoms. The van der Waals surface area contributed by atoms with Crippen molar-refractivity contribution in [2.75, 3.05) is 25.6 Å². The molecule has 0 aliphatic carbocycles. The van der Waals surface area contributed by atoms with Gasteiger partial charge in [-0.15, -0.1) is 5.10 Å². The molecule has 0 unspecified atom stereocenters. The van der Waals surface area contributed by atoms with Gasteiger partial charge in [-0.25, -0.2) is 19.5 Å². The Morgan fingerprint density at radius 2 is 2.14 bits per heavy atom. The summed E-state index contributed by atoms with van der Waals surface area (Å²) in [4.78, 5) is 13.8. The Kier molecular flexibility index (Phi) is 5.09. The van der Waals surface area contributed by atoms with Crippen LogP contribution >= 0.6 is 0 Å².